The van der Waals surface area contributed by atoms with Crippen molar-refractivity contribution in [1.82, 2.24) is 0 Å². The number of hydrogen-bond donors (Lipinski definition) is 2. The molecule has 8 heavy (non-hydrogen) atoms. The van der Waals surface area contributed by atoms with Gasteiger partial charge < -0.3 is 0 Å². The molecule has 0 aliphatic heterocycles. The molecule has 0 radical (unpaired) electrons. The minimum atomic E-state index is -1.24. The molecule has 0 rings (SSSR count). The summed E-state index contributed by atoms with van der Waals surface area (Å²) < 4.78 is 8.37. The Labute approximate surface area is 54.5 Å². The summed E-state index contributed by atoms with van der Waals surface area (Å²) in [5.41, 5.74) is 0. The predicted molar refractivity (Wildman–Crippen MR) is 32.4 cm³/mol. The fraction of sp³-hybridized carbons (Fsp3) is 0.750. The SMILES string of the molecule is O=C(O)CC[CH2][GeH2][OH]. The normalized spacial score (nSPS) is 10.6. The van der Waals surface area contributed by atoms with Crippen molar-refractivity contribution in [3.05, 3.63) is 0 Å². The first kappa shape index (κ1) is 7.97. The Bertz CT molecular complexity index is 73.7. The fourth-order valence-corrected chi connectivity index (χ4v) is 1.38. The molecule has 0 saturated heterocycles. The van der Waals surface area contributed by atoms with Crippen LogP contribution in [0.2, 0.25) is 5.25 Å². The van der Waals surface area contributed by atoms with Crippen LogP contribution < -0.4 is 0 Å². The zero-order valence-corrected chi connectivity index (χ0v) is 7.60. The van der Waals surface area contributed by atoms with E-state index in [-0.39, 0.29) is 6.42 Å². The molecule has 0 aliphatic rings. The third-order valence-electron chi connectivity index (χ3n) is 0.799. The Morgan fingerprint density at radius 3 is 2.62 bits per heavy atom. The van der Waals surface area contributed by atoms with Gasteiger partial charge in [-0.1, -0.05) is 0 Å². The van der Waals surface area contributed by atoms with Crippen LogP contribution in [0.15, 0.2) is 0 Å². The predicted octanol–water partition coefficient (Wildman–Crippen LogP) is -0.654. The van der Waals surface area contributed by atoms with Gasteiger partial charge in [0.2, 0.25) is 0 Å². The molecule has 3 nitrogen and oxygen atoms in total. The van der Waals surface area contributed by atoms with E-state index in [1.54, 1.807) is 0 Å². The van der Waals surface area contributed by atoms with Crippen molar-refractivity contribution in [2.75, 3.05) is 0 Å². The first-order chi connectivity index (χ1) is 3.77. The molecule has 0 aliphatic carbocycles. The summed E-state index contributed by atoms with van der Waals surface area (Å²) in [5, 5.41) is 8.86. The Balaban J connectivity index is 2.82. The molecule has 0 aromatic carbocycles. The van der Waals surface area contributed by atoms with Crippen LogP contribution in [0.5, 0.6) is 0 Å². The molecule has 0 spiro atoms. The molecule has 0 heterocycles. The maximum atomic E-state index is 9.81. The van der Waals surface area contributed by atoms with E-state index < -0.39 is 21.7 Å². The third-order valence-corrected chi connectivity index (χ3v) is 2.51. The van der Waals surface area contributed by atoms with Crippen molar-refractivity contribution >= 4 is 21.7 Å². The van der Waals surface area contributed by atoms with Gasteiger partial charge in [0.1, 0.15) is 0 Å². The minimum absolute atomic E-state index is 0.214. The van der Waals surface area contributed by atoms with Crippen molar-refractivity contribution < 1.29 is 14.0 Å². The Hall–Kier alpha value is -0.0271. The average molecular weight is 179 g/mol. The number of carboxylic acids is 1. The zero-order chi connectivity index (χ0) is 6.41. The van der Waals surface area contributed by atoms with Gasteiger partial charge in [-0.3, -0.25) is 0 Å². The fourth-order valence-electron chi connectivity index (χ4n) is 0.388. The molecule has 0 unspecified atom stereocenters. The van der Waals surface area contributed by atoms with Gasteiger partial charge in [-0.25, -0.2) is 0 Å². The van der Waals surface area contributed by atoms with Crippen molar-refractivity contribution in [2.45, 2.75) is 18.1 Å². The number of carbonyl (C=O) groups is 1. The summed E-state index contributed by atoms with van der Waals surface area (Å²) in [6, 6.07) is 0. The van der Waals surface area contributed by atoms with Crippen LogP contribution in [-0.2, 0) is 4.79 Å². The van der Waals surface area contributed by atoms with Crippen molar-refractivity contribution in [2.24, 2.45) is 0 Å². The van der Waals surface area contributed by atoms with E-state index in [9.17, 15) is 4.79 Å². The molecule has 2 N–H and O–H groups in total. The number of aliphatic carboxylic acids is 1. The van der Waals surface area contributed by atoms with Crippen molar-refractivity contribution in [3.8, 4) is 0 Å². The van der Waals surface area contributed by atoms with Gasteiger partial charge in [0.15, 0.2) is 0 Å². The zero-order valence-electron chi connectivity index (χ0n) is 4.63. The average Bonchev–Trinajstić information content (AvgIpc) is 1.66. The molecule has 0 amide bonds. The summed E-state index contributed by atoms with van der Waals surface area (Å²) in [5.74, 6) is -0.763. The van der Waals surface area contributed by atoms with Crippen molar-refractivity contribution in [3.63, 3.8) is 0 Å². The Kier molecular flexibility index (Phi) is 5.10. The number of hydrogen-bond acceptors (Lipinski definition) is 2. The van der Waals surface area contributed by atoms with Crippen LogP contribution in [0.1, 0.15) is 12.8 Å². The van der Waals surface area contributed by atoms with E-state index in [1.807, 2.05) is 0 Å². The van der Waals surface area contributed by atoms with Crippen LogP contribution in [0.3, 0.4) is 0 Å². The second-order valence-corrected chi connectivity index (χ2v) is 4.00. The van der Waals surface area contributed by atoms with E-state index in [4.69, 9.17) is 9.24 Å². The van der Waals surface area contributed by atoms with Crippen LogP contribution in [0.25, 0.3) is 0 Å². The summed E-state index contributed by atoms with van der Waals surface area (Å²) in [7, 11) is 0. The van der Waals surface area contributed by atoms with E-state index in [2.05, 4.69) is 0 Å². The molecule has 0 fully saturated rings. The summed E-state index contributed by atoms with van der Waals surface area (Å²) in [4.78, 5) is 9.81. The van der Waals surface area contributed by atoms with E-state index in [0.29, 0.717) is 6.42 Å². The van der Waals surface area contributed by atoms with Gasteiger partial charge in [0.05, 0.1) is 0 Å². The molecular weight excluding hydrogens is 169 g/mol. The Morgan fingerprint density at radius 2 is 2.25 bits per heavy atom. The second kappa shape index (κ2) is 5.12. The first-order valence-electron chi connectivity index (χ1n) is 2.60. The van der Waals surface area contributed by atoms with Crippen LogP contribution >= 0.6 is 0 Å². The van der Waals surface area contributed by atoms with Gasteiger partial charge in [0, 0.05) is 0 Å². The molecule has 0 bridgehead atoms. The molecule has 0 aromatic rings. The first-order valence-corrected chi connectivity index (χ1v) is 6.02. The van der Waals surface area contributed by atoms with Gasteiger partial charge in [0.25, 0.3) is 0 Å². The van der Waals surface area contributed by atoms with E-state index in [0.717, 1.165) is 5.25 Å². The van der Waals surface area contributed by atoms with Crippen LogP contribution in [-0.4, -0.2) is 31.0 Å². The van der Waals surface area contributed by atoms with E-state index >= 15 is 0 Å². The summed E-state index contributed by atoms with van der Waals surface area (Å²) in [6.45, 7) is 0. The number of carboxylic acid groups (broad SMARTS) is 1. The summed E-state index contributed by atoms with van der Waals surface area (Å²) in [6.07, 6.45) is 0.873. The topological polar surface area (TPSA) is 57.5 Å². The molecule has 0 aromatic heterocycles. The molecule has 4 heteroatoms. The third kappa shape index (κ3) is 5.97. The number of rotatable bonds is 4. The molecular formula is C4H10GeO3. The maximum absolute atomic E-state index is 9.81. The standard InChI is InChI=1S/C4H10GeO3/c6-4(7)2-1-3-5-8/h8H,1-3,5H2,(H,6,7). The monoisotopic (exact) mass is 180 g/mol. The van der Waals surface area contributed by atoms with Crippen molar-refractivity contribution in [1.29, 1.82) is 0 Å². The summed E-state index contributed by atoms with van der Waals surface area (Å²) >= 11 is -1.24. The molecule has 48 valence electrons. The second-order valence-electron chi connectivity index (χ2n) is 1.57. The molecule has 0 saturated carbocycles. The van der Waals surface area contributed by atoms with Crippen LogP contribution in [0.4, 0.5) is 0 Å². The molecule has 0 atom stereocenters. The van der Waals surface area contributed by atoms with Gasteiger partial charge in [-0.2, -0.15) is 0 Å². The van der Waals surface area contributed by atoms with Gasteiger partial charge in [-0.05, 0) is 0 Å². The van der Waals surface area contributed by atoms with Crippen LogP contribution in [0, 0.1) is 0 Å². The Morgan fingerprint density at radius 1 is 1.62 bits per heavy atom. The quantitative estimate of drug-likeness (QED) is 0.444. The van der Waals surface area contributed by atoms with E-state index in [1.165, 1.54) is 0 Å². The van der Waals surface area contributed by atoms with Gasteiger partial charge in [-0.15, -0.1) is 0 Å². The van der Waals surface area contributed by atoms with Gasteiger partial charge >= 0.3 is 53.9 Å².